The Bertz CT molecular complexity index is 777. The molecule has 0 aliphatic carbocycles. The molecule has 0 N–H and O–H groups in total. The standard InChI is InChI=1S/C20H24ClF6N3O2/c21-16-10-14(12-28-3-1-2-4-28)9-15(11-16)13-29-5-7-30(8-6-29)18(31)32-17(19(22,23)24)20(25,26)27/h9-11,17H,1-8,12-13H2. The smallest absolute Gasteiger partial charge is 0.426 e. The number of likely N-dealkylation sites (tertiary alicyclic amines) is 1. The number of carbonyl (C=O) groups excluding carboxylic acids is 1. The fourth-order valence-corrected chi connectivity index (χ4v) is 4.22. The average molecular weight is 488 g/mol. The third-order valence-electron chi connectivity index (χ3n) is 5.47. The van der Waals surface area contributed by atoms with Crippen molar-refractivity contribution in [3.63, 3.8) is 0 Å². The van der Waals surface area contributed by atoms with E-state index in [9.17, 15) is 31.1 Å². The summed E-state index contributed by atoms with van der Waals surface area (Å²) in [7, 11) is 0. The molecule has 0 bridgehead atoms. The number of hydrogen-bond donors (Lipinski definition) is 0. The fourth-order valence-electron chi connectivity index (χ4n) is 3.94. The highest BCUT2D eigenvalue weighted by molar-refractivity contribution is 6.30. The molecule has 0 spiro atoms. The predicted octanol–water partition coefficient (Wildman–Crippen LogP) is 4.68. The third kappa shape index (κ3) is 6.89. The first-order valence-corrected chi connectivity index (χ1v) is 10.6. The Labute approximate surface area is 186 Å². The van der Waals surface area contributed by atoms with Crippen LogP contribution in [0.5, 0.6) is 0 Å². The van der Waals surface area contributed by atoms with Crippen molar-refractivity contribution < 1.29 is 35.9 Å². The molecule has 0 aromatic heterocycles. The zero-order valence-electron chi connectivity index (χ0n) is 17.2. The van der Waals surface area contributed by atoms with Gasteiger partial charge in [0, 0.05) is 44.3 Å². The number of alkyl halides is 6. The van der Waals surface area contributed by atoms with Crippen LogP contribution in [0.25, 0.3) is 0 Å². The van der Waals surface area contributed by atoms with Crippen LogP contribution in [0.4, 0.5) is 31.1 Å². The van der Waals surface area contributed by atoms with Gasteiger partial charge < -0.3 is 9.64 Å². The van der Waals surface area contributed by atoms with Gasteiger partial charge in [0.25, 0.3) is 6.10 Å². The summed E-state index contributed by atoms with van der Waals surface area (Å²) in [6, 6.07) is 5.78. The van der Waals surface area contributed by atoms with Crippen LogP contribution in [0.2, 0.25) is 5.02 Å². The van der Waals surface area contributed by atoms with Gasteiger partial charge >= 0.3 is 18.4 Å². The molecule has 0 radical (unpaired) electrons. The number of amides is 1. The summed E-state index contributed by atoms with van der Waals surface area (Å²) >= 11 is 6.25. The minimum absolute atomic E-state index is 0.0392. The van der Waals surface area contributed by atoms with E-state index >= 15 is 0 Å². The van der Waals surface area contributed by atoms with Gasteiger partial charge in [-0.2, -0.15) is 26.3 Å². The first-order chi connectivity index (χ1) is 14.9. The van der Waals surface area contributed by atoms with Gasteiger partial charge in [-0.25, -0.2) is 4.79 Å². The molecule has 0 unspecified atom stereocenters. The van der Waals surface area contributed by atoms with Crippen molar-refractivity contribution in [2.75, 3.05) is 39.3 Å². The van der Waals surface area contributed by atoms with E-state index in [0.717, 1.165) is 35.7 Å². The summed E-state index contributed by atoms with van der Waals surface area (Å²) in [6.45, 7) is 3.88. The van der Waals surface area contributed by atoms with Crippen molar-refractivity contribution in [2.24, 2.45) is 0 Å². The van der Waals surface area contributed by atoms with E-state index in [0.29, 0.717) is 11.6 Å². The molecule has 12 heteroatoms. The zero-order chi connectivity index (χ0) is 23.5. The summed E-state index contributed by atoms with van der Waals surface area (Å²) in [6.07, 6.45) is -14.9. The van der Waals surface area contributed by atoms with Gasteiger partial charge in [-0.3, -0.25) is 9.80 Å². The molecular weight excluding hydrogens is 464 g/mol. The Morgan fingerprint density at radius 3 is 1.78 bits per heavy atom. The molecule has 2 aliphatic rings. The molecule has 3 rings (SSSR count). The molecule has 1 aromatic carbocycles. The predicted molar refractivity (Wildman–Crippen MR) is 105 cm³/mol. The molecule has 32 heavy (non-hydrogen) atoms. The van der Waals surface area contributed by atoms with E-state index in [1.807, 2.05) is 23.1 Å². The van der Waals surface area contributed by atoms with Crippen LogP contribution >= 0.6 is 11.6 Å². The van der Waals surface area contributed by atoms with Crippen molar-refractivity contribution in [3.8, 4) is 0 Å². The second-order valence-corrected chi connectivity index (χ2v) is 8.50. The molecule has 0 atom stereocenters. The van der Waals surface area contributed by atoms with Crippen LogP contribution in [0, 0.1) is 0 Å². The topological polar surface area (TPSA) is 36.0 Å². The zero-order valence-corrected chi connectivity index (χ0v) is 17.9. The van der Waals surface area contributed by atoms with Crippen molar-refractivity contribution in [2.45, 2.75) is 44.4 Å². The van der Waals surface area contributed by atoms with Gasteiger partial charge in [-0.05, 0) is 49.2 Å². The van der Waals surface area contributed by atoms with Crippen molar-refractivity contribution in [1.82, 2.24) is 14.7 Å². The lowest BCUT2D eigenvalue weighted by Gasteiger charge is -2.35. The molecule has 2 saturated heterocycles. The normalized spacial score (nSPS) is 19.1. The molecule has 5 nitrogen and oxygen atoms in total. The average Bonchev–Trinajstić information content (AvgIpc) is 3.17. The first-order valence-electron chi connectivity index (χ1n) is 10.2. The van der Waals surface area contributed by atoms with Crippen LogP contribution in [0.1, 0.15) is 24.0 Å². The van der Waals surface area contributed by atoms with Gasteiger partial charge in [-0.15, -0.1) is 0 Å². The van der Waals surface area contributed by atoms with Gasteiger partial charge in [0.05, 0.1) is 0 Å². The Morgan fingerprint density at radius 2 is 1.31 bits per heavy atom. The van der Waals surface area contributed by atoms with Gasteiger partial charge in [0.2, 0.25) is 0 Å². The highest BCUT2D eigenvalue weighted by atomic mass is 35.5. The van der Waals surface area contributed by atoms with E-state index in [2.05, 4.69) is 9.64 Å². The minimum atomic E-state index is -5.73. The lowest BCUT2D eigenvalue weighted by atomic mass is 10.1. The number of halogens is 7. The number of hydrogen-bond acceptors (Lipinski definition) is 4. The van der Waals surface area contributed by atoms with E-state index < -0.39 is 24.5 Å². The Kier molecular flexibility index (Phi) is 7.82. The third-order valence-corrected chi connectivity index (χ3v) is 5.69. The number of nitrogens with zero attached hydrogens (tertiary/aromatic N) is 3. The molecule has 0 saturated carbocycles. The van der Waals surface area contributed by atoms with Gasteiger partial charge in [-0.1, -0.05) is 17.7 Å². The van der Waals surface area contributed by atoms with E-state index in [1.54, 1.807) is 0 Å². The number of piperazine rings is 1. The largest absolute Gasteiger partial charge is 0.434 e. The van der Waals surface area contributed by atoms with E-state index in [-0.39, 0.29) is 26.2 Å². The summed E-state index contributed by atoms with van der Waals surface area (Å²) < 4.78 is 79.4. The van der Waals surface area contributed by atoms with Crippen LogP contribution in [-0.4, -0.2) is 78.5 Å². The first kappa shape index (κ1) is 24.9. The van der Waals surface area contributed by atoms with E-state index in [4.69, 9.17) is 11.6 Å². The molecule has 1 amide bonds. The highest BCUT2D eigenvalue weighted by Crippen LogP contribution is 2.36. The maximum absolute atomic E-state index is 12.6. The monoisotopic (exact) mass is 487 g/mol. The summed E-state index contributed by atoms with van der Waals surface area (Å²) in [5, 5.41) is 0.601. The van der Waals surface area contributed by atoms with Crippen LogP contribution in [0.3, 0.4) is 0 Å². The van der Waals surface area contributed by atoms with Crippen LogP contribution in [0.15, 0.2) is 18.2 Å². The Hall–Kier alpha value is -1.72. The van der Waals surface area contributed by atoms with Crippen molar-refractivity contribution in [1.29, 1.82) is 0 Å². The molecule has 2 aliphatic heterocycles. The number of carbonyl (C=O) groups is 1. The quantitative estimate of drug-likeness (QED) is 0.565. The Balaban J connectivity index is 1.53. The number of benzene rings is 1. The number of rotatable bonds is 5. The maximum atomic E-state index is 12.6. The number of ether oxygens (including phenoxy) is 1. The van der Waals surface area contributed by atoms with Gasteiger partial charge in [0.15, 0.2) is 0 Å². The SMILES string of the molecule is O=C(OC(C(F)(F)F)C(F)(F)F)N1CCN(Cc2cc(Cl)cc(CN3CCCC3)c2)CC1. The lowest BCUT2D eigenvalue weighted by Crippen LogP contribution is -2.52. The van der Waals surface area contributed by atoms with Crippen LogP contribution < -0.4 is 0 Å². The van der Waals surface area contributed by atoms with Crippen molar-refractivity contribution >= 4 is 17.7 Å². The molecule has 180 valence electrons. The minimum Gasteiger partial charge on any atom is -0.426 e. The summed E-state index contributed by atoms with van der Waals surface area (Å²) in [5.41, 5.74) is 2.04. The summed E-state index contributed by atoms with van der Waals surface area (Å²) in [4.78, 5) is 17.0. The maximum Gasteiger partial charge on any atom is 0.434 e. The molecular formula is C20H24ClF6N3O2. The van der Waals surface area contributed by atoms with Gasteiger partial charge in [0.1, 0.15) is 0 Å². The molecule has 2 heterocycles. The molecule has 2 fully saturated rings. The second kappa shape index (κ2) is 10.0. The van der Waals surface area contributed by atoms with Crippen molar-refractivity contribution in [3.05, 3.63) is 34.3 Å². The highest BCUT2D eigenvalue weighted by Gasteiger charge is 2.60. The van der Waals surface area contributed by atoms with E-state index in [1.165, 1.54) is 12.8 Å². The van der Waals surface area contributed by atoms with Crippen LogP contribution in [-0.2, 0) is 17.8 Å². The lowest BCUT2D eigenvalue weighted by molar-refractivity contribution is -0.308. The second-order valence-electron chi connectivity index (χ2n) is 8.06. The Morgan fingerprint density at radius 1 is 0.844 bits per heavy atom. The fraction of sp³-hybridized carbons (Fsp3) is 0.650. The summed E-state index contributed by atoms with van der Waals surface area (Å²) in [5.74, 6) is 0. The molecule has 1 aromatic rings.